The average Bonchev–Trinajstić information content (AvgIpc) is 2.61. The molecule has 0 aromatic carbocycles. The molecule has 0 aromatic rings. The van der Waals surface area contributed by atoms with Crippen LogP contribution in [0.2, 0.25) is 0 Å². The second-order valence-electron chi connectivity index (χ2n) is 6.35. The van der Waals surface area contributed by atoms with E-state index in [0.29, 0.717) is 44.2 Å². The monoisotopic (exact) mass is 368 g/mol. The molecule has 9 heteroatoms. The van der Waals surface area contributed by atoms with Gasteiger partial charge in [-0.25, -0.2) is 8.42 Å². The number of nitrogens with zero attached hydrogens (tertiary/aromatic N) is 3. The summed E-state index contributed by atoms with van der Waals surface area (Å²) in [6, 6.07) is 0. The van der Waals surface area contributed by atoms with Crippen LogP contribution in [0.4, 0.5) is 0 Å². The minimum atomic E-state index is -3.38. The molecule has 0 bridgehead atoms. The van der Waals surface area contributed by atoms with Gasteiger partial charge in [0.2, 0.25) is 0 Å². The summed E-state index contributed by atoms with van der Waals surface area (Å²) < 4.78 is 32.5. The van der Waals surface area contributed by atoms with E-state index in [4.69, 9.17) is 10.5 Å². The number of sulfonamides is 1. The summed E-state index contributed by atoms with van der Waals surface area (Å²) in [5.74, 6) is 0.298. The molecule has 0 aromatic heterocycles. The fourth-order valence-corrected chi connectivity index (χ4v) is 4.04. The van der Waals surface area contributed by atoms with Crippen molar-refractivity contribution in [2.75, 3.05) is 38.5 Å². The van der Waals surface area contributed by atoms with Crippen LogP contribution in [0.15, 0.2) is 28.3 Å². The van der Waals surface area contributed by atoms with Gasteiger partial charge in [0.1, 0.15) is 5.84 Å². The fourth-order valence-electron chi connectivity index (χ4n) is 3.07. The lowest BCUT2D eigenvalue weighted by molar-refractivity contribution is -0.129. The van der Waals surface area contributed by atoms with Crippen molar-refractivity contribution in [2.45, 2.75) is 25.4 Å². The molecule has 0 radical (unpaired) electrons. The topological polar surface area (TPSA) is 105 Å². The molecule has 0 atom stereocenters. The molecular formula is C16H24N4O4S. The maximum absolute atomic E-state index is 12.7. The first-order chi connectivity index (χ1) is 12.0. The number of hydrogen-bond donors (Lipinski definition) is 1. The molecule has 25 heavy (non-hydrogen) atoms. The lowest BCUT2D eigenvalue weighted by Crippen LogP contribution is -2.43. The molecular weight excluding hydrogens is 344 g/mol. The van der Waals surface area contributed by atoms with Crippen molar-refractivity contribution in [3.8, 4) is 0 Å². The highest BCUT2D eigenvalue weighted by Gasteiger charge is 2.28. The lowest BCUT2D eigenvalue weighted by atomic mass is 10.1. The first kappa shape index (κ1) is 18.1. The van der Waals surface area contributed by atoms with Crippen LogP contribution in [0, 0.1) is 0 Å². The minimum absolute atomic E-state index is 0.0339. The molecule has 0 saturated carbocycles. The number of likely N-dealkylation sites (tertiary alicyclic amines) is 1. The first-order valence-corrected chi connectivity index (χ1v) is 10.2. The van der Waals surface area contributed by atoms with Crippen molar-refractivity contribution in [1.82, 2.24) is 9.80 Å². The van der Waals surface area contributed by atoms with Crippen molar-refractivity contribution in [3.63, 3.8) is 0 Å². The molecule has 0 unspecified atom stereocenters. The predicted octanol–water partition coefficient (Wildman–Crippen LogP) is -0.160. The van der Waals surface area contributed by atoms with E-state index < -0.39 is 10.0 Å². The van der Waals surface area contributed by atoms with Gasteiger partial charge in [-0.3, -0.25) is 4.79 Å². The molecule has 2 N–H and O–H groups in total. The van der Waals surface area contributed by atoms with E-state index >= 15 is 0 Å². The highest BCUT2D eigenvalue weighted by Crippen LogP contribution is 2.20. The number of hydrogen-bond acceptors (Lipinski definition) is 6. The van der Waals surface area contributed by atoms with Crippen LogP contribution < -0.4 is 5.73 Å². The molecule has 1 amide bonds. The number of nitrogens with two attached hydrogens (primary N) is 1. The number of amidine groups is 1. The van der Waals surface area contributed by atoms with Crippen molar-refractivity contribution in [3.05, 3.63) is 23.9 Å². The number of carbonyl (C=O) groups excluding carboxylic acids is 1. The quantitative estimate of drug-likeness (QED) is 0.676. The van der Waals surface area contributed by atoms with E-state index in [1.54, 1.807) is 23.3 Å². The molecule has 1 fully saturated rings. The van der Waals surface area contributed by atoms with Crippen LogP contribution >= 0.6 is 0 Å². The maximum Gasteiger partial charge on any atom is 0.256 e. The normalized spacial score (nSPS) is 23.1. The van der Waals surface area contributed by atoms with Gasteiger partial charge in [-0.2, -0.15) is 0 Å². The Hall–Kier alpha value is -1.71. The Balaban J connectivity index is 1.57. The van der Waals surface area contributed by atoms with Crippen molar-refractivity contribution in [2.24, 2.45) is 10.1 Å². The molecule has 3 heterocycles. The van der Waals surface area contributed by atoms with Crippen molar-refractivity contribution < 1.29 is 17.9 Å². The van der Waals surface area contributed by atoms with Crippen LogP contribution in [0.25, 0.3) is 0 Å². The summed E-state index contributed by atoms with van der Waals surface area (Å²) in [4.78, 5) is 16.2. The number of rotatable bonds is 5. The van der Waals surface area contributed by atoms with Crippen LogP contribution in [-0.2, 0) is 19.6 Å². The Morgan fingerprint density at radius 2 is 2.04 bits per heavy atom. The van der Waals surface area contributed by atoms with Gasteiger partial charge >= 0.3 is 0 Å². The summed E-state index contributed by atoms with van der Waals surface area (Å²) in [6.07, 6.45) is 7.61. The molecule has 3 aliphatic heterocycles. The summed E-state index contributed by atoms with van der Waals surface area (Å²) >= 11 is 0. The highest BCUT2D eigenvalue weighted by molar-refractivity contribution is 7.90. The zero-order valence-electron chi connectivity index (χ0n) is 14.1. The van der Waals surface area contributed by atoms with E-state index in [-0.39, 0.29) is 17.8 Å². The van der Waals surface area contributed by atoms with Crippen LogP contribution in [0.5, 0.6) is 0 Å². The lowest BCUT2D eigenvalue weighted by Gasteiger charge is -2.33. The van der Waals surface area contributed by atoms with E-state index in [0.717, 1.165) is 19.3 Å². The summed E-state index contributed by atoms with van der Waals surface area (Å²) in [6.45, 7) is 2.93. The molecule has 8 nitrogen and oxygen atoms in total. The zero-order valence-corrected chi connectivity index (χ0v) is 15.0. The Morgan fingerprint density at radius 3 is 2.76 bits per heavy atom. The Bertz CT molecular complexity index is 706. The summed E-state index contributed by atoms with van der Waals surface area (Å²) in [7, 11) is -3.38. The van der Waals surface area contributed by atoms with E-state index in [1.165, 1.54) is 0 Å². The maximum atomic E-state index is 12.7. The van der Waals surface area contributed by atoms with Gasteiger partial charge in [-0.15, -0.1) is 4.40 Å². The van der Waals surface area contributed by atoms with Gasteiger partial charge in [-0.1, -0.05) is 0 Å². The minimum Gasteiger partial charge on any atom is -0.378 e. The van der Waals surface area contributed by atoms with Gasteiger partial charge in [0.15, 0.2) is 0 Å². The van der Waals surface area contributed by atoms with Crippen LogP contribution in [0.1, 0.15) is 19.3 Å². The summed E-state index contributed by atoms with van der Waals surface area (Å²) in [5.41, 5.74) is 6.01. The van der Waals surface area contributed by atoms with Gasteiger partial charge in [0, 0.05) is 32.4 Å². The van der Waals surface area contributed by atoms with E-state index in [9.17, 15) is 13.2 Å². The number of amides is 1. The molecule has 3 rings (SSSR count). The van der Waals surface area contributed by atoms with Crippen LogP contribution in [0.3, 0.4) is 0 Å². The first-order valence-electron chi connectivity index (χ1n) is 8.58. The third-order valence-corrected chi connectivity index (χ3v) is 5.67. The molecule has 3 aliphatic rings. The van der Waals surface area contributed by atoms with Crippen molar-refractivity contribution in [1.29, 1.82) is 0 Å². The summed E-state index contributed by atoms with van der Waals surface area (Å²) in [5, 5.41) is 0. The van der Waals surface area contributed by atoms with Crippen LogP contribution in [-0.4, -0.2) is 74.6 Å². The molecule has 0 spiro atoms. The second kappa shape index (κ2) is 7.67. The Labute approximate surface area is 148 Å². The smallest absolute Gasteiger partial charge is 0.256 e. The Kier molecular flexibility index (Phi) is 5.55. The molecule has 0 aliphatic carbocycles. The van der Waals surface area contributed by atoms with Gasteiger partial charge in [0.05, 0.1) is 17.4 Å². The second-order valence-corrected chi connectivity index (χ2v) is 8.11. The SMILES string of the molecule is NCCCOC1CCN(C(=O)C2=CN3CCS(=O)(=O)N=C3C=C2)CC1. The third-order valence-electron chi connectivity index (χ3n) is 4.50. The van der Waals surface area contributed by atoms with Crippen molar-refractivity contribution >= 4 is 21.8 Å². The van der Waals surface area contributed by atoms with Gasteiger partial charge in [-0.05, 0) is 38.0 Å². The average molecular weight is 368 g/mol. The standard InChI is InChI=1S/C16H24N4O4S/c17-6-1-10-24-14-4-7-19(8-5-14)16(21)13-2-3-15-18-25(22,23)11-9-20(15)12-13/h2-3,12,14H,1,4-11,17H2. The Morgan fingerprint density at radius 1 is 1.28 bits per heavy atom. The largest absolute Gasteiger partial charge is 0.378 e. The highest BCUT2D eigenvalue weighted by atomic mass is 32.2. The number of carbonyl (C=O) groups is 1. The van der Waals surface area contributed by atoms with Gasteiger partial charge in [0.25, 0.3) is 15.9 Å². The number of piperidine rings is 1. The predicted molar refractivity (Wildman–Crippen MR) is 94.4 cm³/mol. The molecule has 1 saturated heterocycles. The number of fused-ring (bicyclic) bond motifs is 1. The fraction of sp³-hybridized carbons (Fsp3) is 0.625. The zero-order chi connectivity index (χ0) is 17.9. The number of ether oxygens (including phenoxy) is 1. The third kappa shape index (κ3) is 4.47. The van der Waals surface area contributed by atoms with E-state index in [1.807, 2.05) is 4.90 Å². The molecule has 138 valence electrons. The van der Waals surface area contributed by atoms with E-state index in [2.05, 4.69) is 4.40 Å². The van der Waals surface area contributed by atoms with Gasteiger partial charge < -0.3 is 20.3 Å².